The van der Waals surface area contributed by atoms with Crippen LogP contribution in [0, 0.1) is 13.8 Å². The number of aryl methyl sites for hydroxylation is 2. The summed E-state index contributed by atoms with van der Waals surface area (Å²) in [4.78, 5) is 12.6. The summed E-state index contributed by atoms with van der Waals surface area (Å²) in [5.41, 5.74) is 2.54. The number of esters is 1. The van der Waals surface area contributed by atoms with Crippen molar-refractivity contribution in [3.63, 3.8) is 0 Å². The van der Waals surface area contributed by atoms with E-state index in [1.54, 1.807) is 7.11 Å². The minimum absolute atomic E-state index is 0.214. The summed E-state index contributed by atoms with van der Waals surface area (Å²) in [7, 11) is 1.66. The summed E-state index contributed by atoms with van der Waals surface area (Å²) in [6, 6.07) is 13.9. The lowest BCUT2D eigenvalue weighted by Gasteiger charge is -2.37. The number of carbonyl (C=O) groups is 1. The molecular formula is C23H29NO4. The van der Waals surface area contributed by atoms with Crippen LogP contribution in [0.2, 0.25) is 0 Å². The van der Waals surface area contributed by atoms with Crippen molar-refractivity contribution in [2.45, 2.75) is 38.7 Å². The third-order valence-electron chi connectivity index (χ3n) is 5.23. The first-order valence-electron chi connectivity index (χ1n) is 9.80. The molecule has 1 aliphatic heterocycles. The van der Waals surface area contributed by atoms with Gasteiger partial charge >= 0.3 is 5.97 Å². The Kier molecular flexibility index (Phi) is 6.57. The first-order valence-corrected chi connectivity index (χ1v) is 9.80. The van der Waals surface area contributed by atoms with E-state index >= 15 is 0 Å². The molecule has 0 aromatic heterocycles. The highest BCUT2D eigenvalue weighted by atomic mass is 16.6. The Morgan fingerprint density at radius 2 is 1.71 bits per heavy atom. The van der Waals surface area contributed by atoms with Gasteiger partial charge in [0.05, 0.1) is 20.1 Å². The largest absolute Gasteiger partial charge is 0.496 e. The van der Waals surface area contributed by atoms with E-state index in [1.807, 2.05) is 56.3 Å². The number of rotatable bonds is 7. The van der Waals surface area contributed by atoms with Crippen molar-refractivity contribution in [1.82, 2.24) is 5.32 Å². The van der Waals surface area contributed by atoms with E-state index in [9.17, 15) is 4.79 Å². The summed E-state index contributed by atoms with van der Waals surface area (Å²) < 4.78 is 17.2. The summed E-state index contributed by atoms with van der Waals surface area (Å²) >= 11 is 0. The van der Waals surface area contributed by atoms with Crippen LogP contribution in [0.5, 0.6) is 11.5 Å². The zero-order valence-corrected chi connectivity index (χ0v) is 16.9. The summed E-state index contributed by atoms with van der Waals surface area (Å²) in [5, 5.41) is 3.34. The minimum Gasteiger partial charge on any atom is -0.496 e. The Balaban J connectivity index is 1.60. The molecule has 5 nitrogen and oxygen atoms in total. The molecule has 0 unspecified atom stereocenters. The molecule has 3 rings (SSSR count). The van der Waals surface area contributed by atoms with Crippen LogP contribution in [-0.4, -0.2) is 32.8 Å². The van der Waals surface area contributed by atoms with E-state index in [2.05, 4.69) is 5.32 Å². The quantitative estimate of drug-likeness (QED) is 0.735. The van der Waals surface area contributed by atoms with Gasteiger partial charge in [0.25, 0.3) is 0 Å². The fraction of sp³-hybridized carbons (Fsp3) is 0.435. The van der Waals surface area contributed by atoms with Gasteiger partial charge < -0.3 is 19.5 Å². The van der Waals surface area contributed by atoms with Crippen molar-refractivity contribution in [2.75, 3.05) is 26.8 Å². The maximum atomic E-state index is 12.6. The standard InChI is InChI=1S/C23H29NO4/c1-17-15-20(16-18(2)22(17)26-3)27-14-9-21(25)28-23(10-12-24-13-11-23)19-7-5-4-6-8-19/h4-8,15-16,24H,9-14H2,1-3H3. The second kappa shape index (κ2) is 9.11. The van der Waals surface area contributed by atoms with E-state index in [1.165, 1.54) is 0 Å². The lowest BCUT2D eigenvalue weighted by molar-refractivity contribution is -0.164. The summed E-state index contributed by atoms with van der Waals surface area (Å²) in [6.07, 6.45) is 1.77. The van der Waals surface area contributed by atoms with Crippen LogP contribution in [-0.2, 0) is 15.1 Å². The van der Waals surface area contributed by atoms with Gasteiger partial charge in [0, 0.05) is 12.8 Å². The zero-order valence-electron chi connectivity index (χ0n) is 16.9. The first-order chi connectivity index (χ1) is 13.5. The third-order valence-corrected chi connectivity index (χ3v) is 5.23. The average Bonchev–Trinajstić information content (AvgIpc) is 2.69. The van der Waals surface area contributed by atoms with E-state index < -0.39 is 5.60 Å². The van der Waals surface area contributed by atoms with Crippen LogP contribution in [0.1, 0.15) is 36.0 Å². The molecule has 28 heavy (non-hydrogen) atoms. The smallest absolute Gasteiger partial charge is 0.310 e. The van der Waals surface area contributed by atoms with Crippen LogP contribution in [0.15, 0.2) is 42.5 Å². The van der Waals surface area contributed by atoms with Crippen molar-refractivity contribution >= 4 is 5.97 Å². The SMILES string of the molecule is COc1c(C)cc(OCCC(=O)OC2(c3ccccc3)CCNCC2)cc1C. The number of methoxy groups -OCH3 is 1. The molecule has 1 N–H and O–H groups in total. The highest BCUT2D eigenvalue weighted by Gasteiger charge is 2.37. The number of piperidine rings is 1. The van der Waals surface area contributed by atoms with Gasteiger partial charge in [-0.1, -0.05) is 30.3 Å². The molecule has 2 aromatic carbocycles. The monoisotopic (exact) mass is 383 g/mol. The minimum atomic E-state index is -0.545. The molecule has 1 heterocycles. The van der Waals surface area contributed by atoms with Crippen LogP contribution < -0.4 is 14.8 Å². The van der Waals surface area contributed by atoms with E-state index in [-0.39, 0.29) is 19.0 Å². The molecule has 0 spiro atoms. The van der Waals surface area contributed by atoms with Crippen LogP contribution >= 0.6 is 0 Å². The topological polar surface area (TPSA) is 56.8 Å². The molecule has 1 saturated heterocycles. The molecule has 0 radical (unpaired) electrons. The number of carbonyl (C=O) groups excluding carboxylic acids is 1. The Morgan fingerprint density at radius 1 is 1.07 bits per heavy atom. The number of nitrogens with one attached hydrogen (secondary N) is 1. The van der Waals surface area contributed by atoms with E-state index in [0.29, 0.717) is 0 Å². The maximum Gasteiger partial charge on any atom is 0.310 e. The van der Waals surface area contributed by atoms with Crippen molar-refractivity contribution in [3.8, 4) is 11.5 Å². The van der Waals surface area contributed by atoms with Gasteiger partial charge in [0.15, 0.2) is 0 Å². The molecule has 1 fully saturated rings. The molecule has 0 aliphatic carbocycles. The molecule has 0 atom stereocenters. The molecule has 2 aromatic rings. The molecule has 0 saturated carbocycles. The van der Waals surface area contributed by atoms with Crippen molar-refractivity contribution < 1.29 is 19.0 Å². The van der Waals surface area contributed by atoms with Crippen molar-refractivity contribution in [3.05, 3.63) is 59.2 Å². The number of hydrogen-bond acceptors (Lipinski definition) is 5. The highest BCUT2D eigenvalue weighted by Crippen LogP contribution is 2.35. The van der Waals surface area contributed by atoms with Gasteiger partial charge in [0.1, 0.15) is 17.1 Å². The summed E-state index contributed by atoms with van der Waals surface area (Å²) in [5.74, 6) is 1.37. The molecule has 0 bridgehead atoms. The Labute approximate surface area is 167 Å². The van der Waals surface area contributed by atoms with Crippen LogP contribution in [0.25, 0.3) is 0 Å². The van der Waals surface area contributed by atoms with Gasteiger partial charge in [0.2, 0.25) is 0 Å². The van der Waals surface area contributed by atoms with Crippen molar-refractivity contribution in [2.24, 2.45) is 0 Å². The first kappa shape index (κ1) is 20.2. The van der Waals surface area contributed by atoms with Gasteiger partial charge in [-0.3, -0.25) is 4.79 Å². The van der Waals surface area contributed by atoms with E-state index in [4.69, 9.17) is 14.2 Å². The van der Waals surface area contributed by atoms with Gasteiger partial charge in [-0.15, -0.1) is 0 Å². The molecule has 1 aliphatic rings. The van der Waals surface area contributed by atoms with Gasteiger partial charge in [-0.2, -0.15) is 0 Å². The number of ether oxygens (including phenoxy) is 3. The molecule has 0 amide bonds. The van der Waals surface area contributed by atoms with Gasteiger partial charge in [-0.25, -0.2) is 0 Å². The molecular weight excluding hydrogens is 354 g/mol. The summed E-state index contributed by atoms with van der Waals surface area (Å²) in [6.45, 7) is 5.92. The second-order valence-electron chi connectivity index (χ2n) is 7.27. The Bertz CT molecular complexity index is 774. The normalized spacial score (nSPS) is 15.7. The zero-order chi connectivity index (χ0) is 20.0. The fourth-order valence-corrected chi connectivity index (χ4v) is 3.86. The number of benzene rings is 2. The lowest BCUT2D eigenvalue weighted by atomic mass is 9.85. The van der Waals surface area contributed by atoms with E-state index in [0.717, 1.165) is 54.1 Å². The second-order valence-corrected chi connectivity index (χ2v) is 7.27. The Morgan fingerprint density at radius 3 is 2.32 bits per heavy atom. The Hall–Kier alpha value is -2.53. The average molecular weight is 383 g/mol. The van der Waals surface area contributed by atoms with Gasteiger partial charge in [-0.05, 0) is 55.8 Å². The molecule has 5 heteroatoms. The predicted octanol–water partition coefficient (Wildman–Crippen LogP) is 3.90. The van der Waals surface area contributed by atoms with Crippen LogP contribution in [0.4, 0.5) is 0 Å². The number of hydrogen-bond donors (Lipinski definition) is 1. The maximum absolute atomic E-state index is 12.6. The van der Waals surface area contributed by atoms with Crippen molar-refractivity contribution in [1.29, 1.82) is 0 Å². The highest BCUT2D eigenvalue weighted by molar-refractivity contribution is 5.70. The third kappa shape index (κ3) is 4.65. The lowest BCUT2D eigenvalue weighted by Crippen LogP contribution is -2.43. The molecule has 150 valence electrons. The predicted molar refractivity (Wildman–Crippen MR) is 109 cm³/mol. The van der Waals surface area contributed by atoms with Crippen LogP contribution in [0.3, 0.4) is 0 Å². The fourth-order valence-electron chi connectivity index (χ4n) is 3.86.